The molecule has 82 valence electrons. The number of aromatic carboxylic acids is 1. The first-order valence-corrected chi connectivity index (χ1v) is 3.71. The van der Waals surface area contributed by atoms with E-state index < -0.39 is 11.7 Å². The molecule has 0 bridgehead atoms. The maximum atomic E-state index is 10.7. The molecule has 0 fully saturated rings. The predicted octanol–water partition coefficient (Wildman–Crippen LogP) is 2.75. The average molecular weight is 265 g/mol. The number of para-hydroxylation sites is 1. The molecule has 0 saturated heterocycles. The van der Waals surface area contributed by atoms with Gasteiger partial charge in [-0.2, -0.15) is 0 Å². The number of hydrogen-bond donors (Lipinski definition) is 1. The number of benzene rings is 1. The Morgan fingerprint density at radius 1 is 1.20 bits per heavy atom. The van der Waals surface area contributed by atoms with Crippen molar-refractivity contribution in [2.24, 2.45) is 0 Å². The smallest absolute Gasteiger partial charge is 0.872 e. The van der Waals surface area contributed by atoms with Gasteiger partial charge in [-0.05, 0) is 6.07 Å². The number of rotatable bonds is 1. The first-order chi connectivity index (χ1) is 5.72. The van der Waals surface area contributed by atoms with E-state index in [-0.39, 0.29) is 39.9 Å². The second-order valence-corrected chi connectivity index (χ2v) is 1.80. The Morgan fingerprint density at radius 3 is 1.87 bits per heavy atom. The van der Waals surface area contributed by atoms with Gasteiger partial charge in [-0.1, -0.05) is 52.6 Å². The standard InChI is InChI=1S/C7H6O3.C2H6.2CH4.Zn/c8-6-4-2-1-3-5(6)7(9)10;1-2;;;/h1-4,8H,(H,9,10);1-2H3;2*1H4;/q;;;;+2/p-1. The van der Waals surface area contributed by atoms with E-state index in [2.05, 4.69) is 0 Å². The van der Waals surface area contributed by atoms with Crippen LogP contribution in [0.15, 0.2) is 24.3 Å². The zero-order chi connectivity index (χ0) is 9.56. The van der Waals surface area contributed by atoms with Crippen molar-refractivity contribution < 1.29 is 34.5 Å². The molecule has 1 aromatic carbocycles. The van der Waals surface area contributed by atoms with Crippen LogP contribution in [0.3, 0.4) is 0 Å². The van der Waals surface area contributed by atoms with Gasteiger partial charge in [0.25, 0.3) is 0 Å². The Balaban J connectivity index is -0.000000114. The quantitative estimate of drug-likeness (QED) is 0.794. The largest absolute Gasteiger partial charge is 2.00 e. The van der Waals surface area contributed by atoms with Gasteiger partial charge in [0.15, 0.2) is 0 Å². The molecule has 0 aliphatic carbocycles. The van der Waals surface area contributed by atoms with Crippen LogP contribution in [-0.2, 0) is 19.5 Å². The first-order valence-electron chi connectivity index (χ1n) is 3.71. The molecule has 1 N–H and O–H groups in total. The molecule has 0 aromatic heterocycles. The van der Waals surface area contributed by atoms with E-state index in [1.165, 1.54) is 24.3 Å². The van der Waals surface area contributed by atoms with Gasteiger partial charge in [-0.25, -0.2) is 4.79 Å². The van der Waals surface area contributed by atoms with Gasteiger partial charge in [0, 0.05) is 0 Å². The Morgan fingerprint density at radius 2 is 1.60 bits per heavy atom. The summed E-state index contributed by atoms with van der Waals surface area (Å²) in [6.45, 7) is 4.00. The van der Waals surface area contributed by atoms with Crippen molar-refractivity contribution in [3.05, 3.63) is 29.8 Å². The van der Waals surface area contributed by atoms with Crippen LogP contribution in [0.1, 0.15) is 39.1 Å². The third kappa shape index (κ3) is 8.13. The monoisotopic (exact) mass is 263 g/mol. The molecule has 4 heteroatoms. The molecule has 0 amide bonds. The van der Waals surface area contributed by atoms with E-state index in [1.54, 1.807) is 0 Å². The Hall–Kier alpha value is -0.887. The molecule has 15 heavy (non-hydrogen) atoms. The molecule has 0 atom stereocenters. The summed E-state index contributed by atoms with van der Waals surface area (Å²) in [6, 6.07) is 5.54. The molecule has 0 heterocycles. The van der Waals surface area contributed by atoms with Gasteiger partial charge in [0.05, 0.1) is 5.56 Å². The molecular weight excluding hydrogens is 246 g/mol. The zero-order valence-corrected chi connectivity index (χ0v) is 10.7. The summed E-state index contributed by atoms with van der Waals surface area (Å²) in [4.78, 5) is 10.2. The van der Waals surface area contributed by atoms with Crippen molar-refractivity contribution in [3.63, 3.8) is 0 Å². The van der Waals surface area contributed by atoms with Crippen LogP contribution in [0.25, 0.3) is 0 Å². The van der Waals surface area contributed by atoms with Crippen molar-refractivity contribution in [1.82, 2.24) is 0 Å². The summed E-state index contributed by atoms with van der Waals surface area (Å²) < 4.78 is 0. The van der Waals surface area contributed by atoms with Gasteiger partial charge < -0.3 is 10.2 Å². The van der Waals surface area contributed by atoms with Crippen LogP contribution >= 0.6 is 0 Å². The first kappa shape index (κ1) is 23.7. The number of carboxylic acids is 1. The third-order valence-corrected chi connectivity index (χ3v) is 1.12. The summed E-state index contributed by atoms with van der Waals surface area (Å²) in [7, 11) is 0. The Bertz CT molecular complexity index is 262. The SMILES string of the molecule is C.C.CC.O=C(O)c1ccccc1[O-].[Zn+2]. The number of carboxylic acid groups (broad SMARTS) is 1. The second kappa shape index (κ2) is 13.1. The van der Waals surface area contributed by atoms with E-state index in [0.717, 1.165) is 0 Å². The fraction of sp³-hybridized carbons (Fsp3) is 0.364. The van der Waals surface area contributed by atoms with Gasteiger partial charge >= 0.3 is 25.4 Å². The van der Waals surface area contributed by atoms with Crippen LogP contribution in [0.2, 0.25) is 0 Å². The van der Waals surface area contributed by atoms with Crippen molar-refractivity contribution in [3.8, 4) is 5.75 Å². The van der Waals surface area contributed by atoms with Crippen molar-refractivity contribution in [2.75, 3.05) is 0 Å². The maximum absolute atomic E-state index is 10.7. The van der Waals surface area contributed by atoms with E-state index >= 15 is 0 Å². The van der Waals surface area contributed by atoms with Crippen LogP contribution in [0.5, 0.6) is 5.75 Å². The summed E-state index contributed by atoms with van der Waals surface area (Å²) in [5, 5.41) is 19.0. The molecule has 0 radical (unpaired) electrons. The number of hydrogen-bond acceptors (Lipinski definition) is 2. The van der Waals surface area contributed by atoms with E-state index in [0.29, 0.717) is 0 Å². The van der Waals surface area contributed by atoms with Crippen molar-refractivity contribution >= 4 is 5.97 Å². The van der Waals surface area contributed by atoms with Gasteiger partial charge in [-0.15, -0.1) is 0 Å². The fourth-order valence-corrected chi connectivity index (χ4v) is 0.643. The van der Waals surface area contributed by atoms with Gasteiger partial charge in [0.2, 0.25) is 0 Å². The van der Waals surface area contributed by atoms with Crippen LogP contribution < -0.4 is 5.11 Å². The van der Waals surface area contributed by atoms with Gasteiger partial charge in [0.1, 0.15) is 0 Å². The molecule has 0 unspecified atom stereocenters. The van der Waals surface area contributed by atoms with Crippen LogP contribution in [-0.4, -0.2) is 11.1 Å². The normalized spacial score (nSPS) is 6.53. The van der Waals surface area contributed by atoms with Crippen LogP contribution in [0, 0.1) is 0 Å². The maximum Gasteiger partial charge on any atom is 2.00 e. The minimum atomic E-state index is -1.18. The summed E-state index contributed by atoms with van der Waals surface area (Å²) in [5.41, 5.74) is -0.178. The predicted molar refractivity (Wildman–Crippen MR) is 57.7 cm³/mol. The summed E-state index contributed by atoms with van der Waals surface area (Å²) >= 11 is 0. The molecule has 0 saturated carbocycles. The topological polar surface area (TPSA) is 60.4 Å². The summed E-state index contributed by atoms with van der Waals surface area (Å²) in [5.74, 6) is -1.62. The fourth-order valence-electron chi connectivity index (χ4n) is 0.643. The van der Waals surface area contributed by atoms with E-state index in [9.17, 15) is 9.90 Å². The average Bonchev–Trinajstić information content (AvgIpc) is 2.08. The minimum absolute atomic E-state index is 0. The Labute approximate surface area is 105 Å². The summed E-state index contributed by atoms with van der Waals surface area (Å²) in [6.07, 6.45) is 0. The second-order valence-electron chi connectivity index (χ2n) is 1.80. The molecule has 0 aliphatic rings. The van der Waals surface area contributed by atoms with Crippen molar-refractivity contribution in [2.45, 2.75) is 28.7 Å². The van der Waals surface area contributed by atoms with Crippen LogP contribution in [0.4, 0.5) is 0 Å². The molecule has 3 nitrogen and oxygen atoms in total. The molecule has 0 aliphatic heterocycles. The Kier molecular flexibility index (Phi) is 20.7. The molecular formula is C11H19O3Zn+. The molecule has 0 spiro atoms. The van der Waals surface area contributed by atoms with Gasteiger partial charge in [-0.3, -0.25) is 0 Å². The zero-order valence-electron chi connectivity index (χ0n) is 7.78. The van der Waals surface area contributed by atoms with E-state index in [4.69, 9.17) is 5.11 Å². The van der Waals surface area contributed by atoms with E-state index in [1.807, 2.05) is 13.8 Å². The third-order valence-electron chi connectivity index (χ3n) is 1.12. The number of carbonyl (C=O) groups is 1. The van der Waals surface area contributed by atoms with Crippen molar-refractivity contribution in [1.29, 1.82) is 0 Å². The minimum Gasteiger partial charge on any atom is -0.872 e. The molecule has 1 rings (SSSR count). The molecule has 1 aromatic rings.